The summed E-state index contributed by atoms with van der Waals surface area (Å²) in [6.07, 6.45) is -3.99. The third kappa shape index (κ3) is 5.14. The summed E-state index contributed by atoms with van der Waals surface area (Å²) in [7, 11) is 0. The first kappa shape index (κ1) is 13.2. The molecule has 8 heteroatoms. The number of carboxylic acids is 1. The lowest BCUT2D eigenvalue weighted by Gasteiger charge is -2.07. The largest absolute Gasteiger partial charge is 0.477 e. The molecule has 0 aromatic carbocycles. The van der Waals surface area contributed by atoms with Gasteiger partial charge in [0, 0.05) is 19.2 Å². The summed E-state index contributed by atoms with van der Waals surface area (Å²) in [4.78, 5) is 17.8. The Bertz CT molecular complexity index is 395. The van der Waals surface area contributed by atoms with E-state index in [0.29, 0.717) is 0 Å². The number of nitrogens with zero attached hydrogens (tertiary/aromatic N) is 2. The van der Waals surface area contributed by atoms with Crippen LogP contribution in [-0.2, 0) is 0 Å². The molecule has 0 unspecified atom stereocenters. The maximum atomic E-state index is 11.8. The highest BCUT2D eigenvalue weighted by Crippen LogP contribution is 2.20. The Labute approximate surface area is 94.7 Å². The van der Waals surface area contributed by atoms with Gasteiger partial charge in [-0.25, -0.2) is 14.8 Å². The first-order chi connectivity index (χ1) is 7.88. The van der Waals surface area contributed by atoms with Gasteiger partial charge >= 0.3 is 12.1 Å². The van der Waals surface area contributed by atoms with E-state index < -0.39 is 18.6 Å². The zero-order chi connectivity index (χ0) is 12.9. The van der Waals surface area contributed by atoms with E-state index >= 15 is 0 Å². The van der Waals surface area contributed by atoms with Gasteiger partial charge in [-0.3, -0.25) is 0 Å². The number of alkyl halides is 3. The molecule has 2 N–H and O–H groups in total. The van der Waals surface area contributed by atoms with E-state index in [2.05, 4.69) is 15.3 Å². The van der Waals surface area contributed by atoms with Gasteiger partial charge in [-0.2, -0.15) is 13.2 Å². The number of halogens is 3. The SMILES string of the molecule is O=C(O)c1ccnc(NCCCC(F)(F)F)n1. The fraction of sp³-hybridized carbons (Fsp3) is 0.444. The van der Waals surface area contributed by atoms with Crippen LogP contribution in [-0.4, -0.2) is 33.8 Å². The molecular weight excluding hydrogens is 239 g/mol. The number of hydrogen-bond acceptors (Lipinski definition) is 4. The van der Waals surface area contributed by atoms with E-state index in [0.717, 1.165) is 0 Å². The second-order valence-corrected chi connectivity index (χ2v) is 3.22. The van der Waals surface area contributed by atoms with Crippen LogP contribution < -0.4 is 5.32 Å². The topological polar surface area (TPSA) is 75.1 Å². The average molecular weight is 249 g/mol. The Balaban J connectivity index is 2.42. The Kier molecular flexibility index (Phi) is 4.24. The van der Waals surface area contributed by atoms with Crippen molar-refractivity contribution in [2.75, 3.05) is 11.9 Å². The predicted molar refractivity (Wildman–Crippen MR) is 52.8 cm³/mol. The standard InChI is InChI=1S/C9H10F3N3O2/c10-9(11,12)3-1-4-13-8-14-5-2-6(15-8)7(16)17/h2,5H,1,3-4H2,(H,16,17)(H,13,14,15). The van der Waals surface area contributed by atoms with E-state index in [-0.39, 0.29) is 24.6 Å². The van der Waals surface area contributed by atoms with Crippen molar-refractivity contribution in [2.24, 2.45) is 0 Å². The lowest BCUT2D eigenvalue weighted by molar-refractivity contribution is -0.134. The lowest BCUT2D eigenvalue weighted by Crippen LogP contribution is -2.13. The van der Waals surface area contributed by atoms with Gasteiger partial charge in [0.25, 0.3) is 0 Å². The molecule has 0 radical (unpaired) electrons. The fourth-order valence-electron chi connectivity index (χ4n) is 1.05. The number of anilines is 1. The number of nitrogens with one attached hydrogen (secondary N) is 1. The molecule has 1 heterocycles. The van der Waals surface area contributed by atoms with Gasteiger partial charge in [-0.15, -0.1) is 0 Å². The fourth-order valence-corrected chi connectivity index (χ4v) is 1.05. The van der Waals surface area contributed by atoms with Gasteiger partial charge in [0.2, 0.25) is 5.95 Å². The number of carbonyl (C=O) groups is 1. The van der Waals surface area contributed by atoms with Gasteiger partial charge < -0.3 is 10.4 Å². The lowest BCUT2D eigenvalue weighted by atomic mass is 10.3. The van der Waals surface area contributed by atoms with Crippen molar-refractivity contribution in [3.8, 4) is 0 Å². The molecule has 0 aliphatic carbocycles. The quantitative estimate of drug-likeness (QED) is 0.780. The van der Waals surface area contributed by atoms with Crippen molar-refractivity contribution < 1.29 is 23.1 Å². The zero-order valence-corrected chi connectivity index (χ0v) is 8.66. The molecule has 0 fully saturated rings. The first-order valence-corrected chi connectivity index (χ1v) is 4.75. The van der Waals surface area contributed by atoms with E-state index in [9.17, 15) is 18.0 Å². The molecule has 0 aliphatic heterocycles. The second-order valence-electron chi connectivity index (χ2n) is 3.22. The van der Waals surface area contributed by atoms with E-state index in [1.54, 1.807) is 0 Å². The molecule has 0 amide bonds. The summed E-state index contributed by atoms with van der Waals surface area (Å²) in [5.41, 5.74) is -0.210. The minimum absolute atomic E-state index is 0.00655. The molecule has 5 nitrogen and oxygen atoms in total. The molecule has 94 valence electrons. The second kappa shape index (κ2) is 5.46. The van der Waals surface area contributed by atoms with E-state index in [1.165, 1.54) is 12.3 Å². The molecule has 0 bridgehead atoms. The highest BCUT2D eigenvalue weighted by molar-refractivity contribution is 5.85. The smallest absolute Gasteiger partial charge is 0.389 e. The maximum absolute atomic E-state index is 11.8. The Hall–Kier alpha value is -1.86. The van der Waals surface area contributed by atoms with Crippen molar-refractivity contribution in [1.29, 1.82) is 0 Å². The van der Waals surface area contributed by atoms with Crippen LogP contribution in [0.4, 0.5) is 19.1 Å². The summed E-state index contributed by atoms with van der Waals surface area (Å²) in [5.74, 6) is -1.21. The minimum atomic E-state index is -4.19. The van der Waals surface area contributed by atoms with E-state index in [1.807, 2.05) is 0 Å². The van der Waals surface area contributed by atoms with Crippen LogP contribution >= 0.6 is 0 Å². The molecule has 1 aromatic rings. The number of aromatic nitrogens is 2. The molecule has 0 aliphatic rings. The average Bonchev–Trinajstić information content (AvgIpc) is 2.23. The molecular formula is C9H10F3N3O2. The summed E-state index contributed by atoms with van der Waals surface area (Å²) in [6.45, 7) is 0.0303. The van der Waals surface area contributed by atoms with Gasteiger partial charge in [0.05, 0.1) is 0 Å². The molecule has 17 heavy (non-hydrogen) atoms. The first-order valence-electron chi connectivity index (χ1n) is 4.75. The van der Waals surface area contributed by atoms with Gasteiger partial charge in [0.1, 0.15) is 0 Å². The molecule has 0 saturated heterocycles. The monoisotopic (exact) mass is 249 g/mol. The summed E-state index contributed by atoms with van der Waals surface area (Å²) in [5, 5.41) is 11.1. The molecule has 0 spiro atoms. The van der Waals surface area contributed by atoms with Gasteiger partial charge in [-0.1, -0.05) is 0 Å². The number of carboxylic acid groups (broad SMARTS) is 1. The molecule has 1 aromatic heterocycles. The van der Waals surface area contributed by atoms with Gasteiger partial charge in [-0.05, 0) is 12.5 Å². The van der Waals surface area contributed by atoms with Crippen LogP contribution in [0.3, 0.4) is 0 Å². The van der Waals surface area contributed by atoms with Crippen molar-refractivity contribution >= 4 is 11.9 Å². The molecule has 1 rings (SSSR count). The summed E-state index contributed by atoms with van der Waals surface area (Å²) in [6, 6.07) is 1.20. The van der Waals surface area contributed by atoms with Crippen molar-refractivity contribution in [1.82, 2.24) is 9.97 Å². The van der Waals surface area contributed by atoms with Crippen LogP contribution in [0.25, 0.3) is 0 Å². The number of rotatable bonds is 5. The third-order valence-electron chi connectivity index (χ3n) is 1.79. The maximum Gasteiger partial charge on any atom is 0.389 e. The van der Waals surface area contributed by atoms with Crippen LogP contribution in [0, 0.1) is 0 Å². The van der Waals surface area contributed by atoms with Crippen LogP contribution in [0.5, 0.6) is 0 Å². The number of aromatic carboxylic acids is 1. The van der Waals surface area contributed by atoms with Crippen LogP contribution in [0.15, 0.2) is 12.3 Å². The minimum Gasteiger partial charge on any atom is -0.477 e. The molecule has 0 saturated carbocycles. The summed E-state index contributed by atoms with van der Waals surface area (Å²) < 4.78 is 35.4. The summed E-state index contributed by atoms with van der Waals surface area (Å²) >= 11 is 0. The highest BCUT2D eigenvalue weighted by Gasteiger charge is 2.25. The van der Waals surface area contributed by atoms with Crippen LogP contribution in [0.2, 0.25) is 0 Å². The Morgan fingerprint density at radius 1 is 1.47 bits per heavy atom. The molecule has 0 atom stereocenters. The highest BCUT2D eigenvalue weighted by atomic mass is 19.4. The third-order valence-corrected chi connectivity index (χ3v) is 1.79. The van der Waals surface area contributed by atoms with Crippen molar-refractivity contribution in [3.63, 3.8) is 0 Å². The van der Waals surface area contributed by atoms with E-state index in [4.69, 9.17) is 5.11 Å². The normalized spacial score (nSPS) is 11.2. The number of hydrogen-bond donors (Lipinski definition) is 2. The van der Waals surface area contributed by atoms with Gasteiger partial charge in [0.15, 0.2) is 5.69 Å². The zero-order valence-electron chi connectivity index (χ0n) is 8.66. The van der Waals surface area contributed by atoms with Crippen LogP contribution in [0.1, 0.15) is 23.3 Å². The predicted octanol–water partition coefficient (Wildman–Crippen LogP) is 1.93. The van der Waals surface area contributed by atoms with Crippen molar-refractivity contribution in [2.45, 2.75) is 19.0 Å². The Morgan fingerprint density at radius 3 is 2.76 bits per heavy atom. The van der Waals surface area contributed by atoms with Crippen molar-refractivity contribution in [3.05, 3.63) is 18.0 Å². The Morgan fingerprint density at radius 2 is 2.18 bits per heavy atom.